The van der Waals surface area contributed by atoms with Gasteiger partial charge in [0.2, 0.25) is 0 Å². The van der Waals surface area contributed by atoms with E-state index >= 15 is 0 Å². The minimum absolute atomic E-state index is 0.399. The molecule has 84 valence electrons. The minimum atomic E-state index is 0.399. The van der Waals surface area contributed by atoms with Crippen LogP contribution in [-0.2, 0) is 12.8 Å². The maximum Gasteiger partial charge on any atom is 0.0762 e. The summed E-state index contributed by atoms with van der Waals surface area (Å²) in [7, 11) is 2.05. The molecular weight excluding hydrogens is 234 g/mol. The molecule has 2 heterocycles. The zero-order chi connectivity index (χ0) is 11.0. The molecule has 1 aliphatic rings. The molecule has 0 aliphatic heterocycles. The Labute approximate surface area is 104 Å². The molecule has 1 N–H and O–H groups in total. The third kappa shape index (κ3) is 1.73. The van der Waals surface area contributed by atoms with Crippen molar-refractivity contribution in [2.75, 3.05) is 7.05 Å². The highest BCUT2D eigenvalue weighted by Gasteiger charge is 2.20. The smallest absolute Gasteiger partial charge is 0.0762 e. The second-order valence-electron chi connectivity index (χ2n) is 4.19. The summed E-state index contributed by atoms with van der Waals surface area (Å²) in [5.74, 6) is 0. The third-order valence-electron chi connectivity index (χ3n) is 3.17. The molecule has 1 nitrogen and oxygen atoms in total. The number of fused-ring (bicyclic) bond motifs is 1. The Balaban J connectivity index is 1.95. The van der Waals surface area contributed by atoms with E-state index in [1.54, 1.807) is 10.4 Å². The van der Waals surface area contributed by atoms with Crippen molar-refractivity contribution in [1.29, 1.82) is 0 Å². The second kappa shape index (κ2) is 4.32. The summed E-state index contributed by atoms with van der Waals surface area (Å²) < 4.78 is 0. The van der Waals surface area contributed by atoms with E-state index in [2.05, 4.69) is 35.9 Å². The van der Waals surface area contributed by atoms with Gasteiger partial charge >= 0.3 is 0 Å². The van der Waals surface area contributed by atoms with Gasteiger partial charge in [0.15, 0.2) is 0 Å². The van der Waals surface area contributed by atoms with E-state index in [1.165, 1.54) is 29.0 Å². The Kier molecular flexibility index (Phi) is 2.84. The molecule has 2 aromatic rings. The lowest BCUT2D eigenvalue weighted by Gasteiger charge is -2.12. The van der Waals surface area contributed by atoms with Crippen LogP contribution >= 0.6 is 22.7 Å². The van der Waals surface area contributed by atoms with Crippen LogP contribution in [-0.4, -0.2) is 7.05 Å². The van der Waals surface area contributed by atoms with Gasteiger partial charge in [-0.25, -0.2) is 0 Å². The SMILES string of the molecule is CNC(c1cccs1)c1cc2c(s1)CCC2. The van der Waals surface area contributed by atoms with Gasteiger partial charge in [-0.05, 0) is 49.4 Å². The first-order chi connectivity index (χ1) is 7.88. The first-order valence-corrected chi connectivity index (χ1v) is 7.40. The lowest BCUT2D eigenvalue weighted by Crippen LogP contribution is -2.15. The minimum Gasteiger partial charge on any atom is -0.308 e. The summed E-state index contributed by atoms with van der Waals surface area (Å²) in [5.41, 5.74) is 1.59. The van der Waals surface area contributed by atoms with Crippen LogP contribution in [0.2, 0.25) is 0 Å². The highest BCUT2D eigenvalue weighted by molar-refractivity contribution is 7.13. The largest absolute Gasteiger partial charge is 0.308 e. The van der Waals surface area contributed by atoms with Gasteiger partial charge in [0, 0.05) is 14.6 Å². The molecule has 0 saturated heterocycles. The fourth-order valence-electron chi connectivity index (χ4n) is 2.37. The van der Waals surface area contributed by atoms with Gasteiger partial charge in [0.1, 0.15) is 0 Å². The standard InChI is InChI=1S/C13H15NS2/c1-14-13(11-6-3-7-15-11)12-8-9-4-2-5-10(9)16-12/h3,6-8,13-14H,2,4-5H2,1H3. The van der Waals surface area contributed by atoms with Gasteiger partial charge in [0.25, 0.3) is 0 Å². The van der Waals surface area contributed by atoms with Gasteiger partial charge in [-0.2, -0.15) is 0 Å². The van der Waals surface area contributed by atoms with E-state index in [1.807, 2.05) is 22.7 Å². The molecule has 1 aliphatic carbocycles. The maximum absolute atomic E-state index is 3.43. The molecule has 0 bridgehead atoms. The van der Waals surface area contributed by atoms with Crippen LogP contribution < -0.4 is 5.32 Å². The summed E-state index contributed by atoms with van der Waals surface area (Å²) in [6.07, 6.45) is 3.93. The van der Waals surface area contributed by atoms with E-state index in [9.17, 15) is 0 Å². The van der Waals surface area contributed by atoms with Gasteiger partial charge in [-0.15, -0.1) is 22.7 Å². The normalized spacial score (nSPS) is 16.3. The van der Waals surface area contributed by atoms with E-state index in [0.717, 1.165) is 0 Å². The highest BCUT2D eigenvalue weighted by atomic mass is 32.1. The predicted molar refractivity (Wildman–Crippen MR) is 71.6 cm³/mol. The molecular formula is C13H15NS2. The van der Waals surface area contributed by atoms with Gasteiger partial charge in [0.05, 0.1) is 6.04 Å². The van der Waals surface area contributed by atoms with E-state index in [0.29, 0.717) is 6.04 Å². The third-order valence-corrected chi connectivity index (χ3v) is 5.41. The van der Waals surface area contributed by atoms with Crippen molar-refractivity contribution in [2.45, 2.75) is 25.3 Å². The van der Waals surface area contributed by atoms with Crippen molar-refractivity contribution in [1.82, 2.24) is 5.32 Å². The molecule has 1 atom stereocenters. The first-order valence-electron chi connectivity index (χ1n) is 5.70. The molecule has 16 heavy (non-hydrogen) atoms. The predicted octanol–water partition coefficient (Wildman–Crippen LogP) is 3.61. The Bertz CT molecular complexity index is 449. The maximum atomic E-state index is 3.43. The molecule has 0 fully saturated rings. The zero-order valence-corrected chi connectivity index (χ0v) is 11.0. The molecule has 2 aromatic heterocycles. The van der Waals surface area contributed by atoms with Crippen LogP contribution in [0.15, 0.2) is 23.6 Å². The van der Waals surface area contributed by atoms with Crippen molar-refractivity contribution in [3.05, 3.63) is 43.8 Å². The average molecular weight is 249 g/mol. The summed E-state index contributed by atoms with van der Waals surface area (Å²) >= 11 is 3.83. The summed E-state index contributed by atoms with van der Waals surface area (Å²) in [6.45, 7) is 0. The van der Waals surface area contributed by atoms with Gasteiger partial charge < -0.3 is 5.32 Å². The Hall–Kier alpha value is -0.640. The topological polar surface area (TPSA) is 12.0 Å². The van der Waals surface area contributed by atoms with Crippen LogP contribution in [0, 0.1) is 0 Å². The lowest BCUT2D eigenvalue weighted by molar-refractivity contribution is 0.715. The van der Waals surface area contributed by atoms with Crippen molar-refractivity contribution in [2.24, 2.45) is 0 Å². The quantitative estimate of drug-likeness (QED) is 0.876. The number of thiophene rings is 2. The van der Waals surface area contributed by atoms with Gasteiger partial charge in [-0.3, -0.25) is 0 Å². The van der Waals surface area contributed by atoms with Crippen LogP contribution in [0.5, 0.6) is 0 Å². The van der Waals surface area contributed by atoms with Crippen LogP contribution in [0.4, 0.5) is 0 Å². The average Bonchev–Trinajstić information content (AvgIpc) is 2.91. The zero-order valence-electron chi connectivity index (χ0n) is 9.32. The van der Waals surface area contributed by atoms with Gasteiger partial charge in [-0.1, -0.05) is 6.07 Å². The van der Waals surface area contributed by atoms with Crippen LogP contribution in [0.3, 0.4) is 0 Å². The molecule has 0 saturated carbocycles. The number of nitrogens with one attached hydrogen (secondary N) is 1. The number of rotatable bonds is 3. The van der Waals surface area contributed by atoms with Crippen LogP contribution in [0.25, 0.3) is 0 Å². The van der Waals surface area contributed by atoms with Crippen LogP contribution in [0.1, 0.15) is 32.7 Å². The molecule has 3 heteroatoms. The number of hydrogen-bond acceptors (Lipinski definition) is 3. The monoisotopic (exact) mass is 249 g/mol. The van der Waals surface area contributed by atoms with Crippen molar-refractivity contribution in [3.8, 4) is 0 Å². The van der Waals surface area contributed by atoms with Crippen molar-refractivity contribution in [3.63, 3.8) is 0 Å². The molecule has 1 unspecified atom stereocenters. The summed E-state index contributed by atoms with van der Waals surface area (Å²) in [6, 6.07) is 7.16. The highest BCUT2D eigenvalue weighted by Crippen LogP contribution is 2.36. The number of aryl methyl sites for hydroxylation is 2. The molecule has 0 spiro atoms. The van der Waals surface area contributed by atoms with E-state index in [4.69, 9.17) is 0 Å². The fourth-order valence-corrected chi connectivity index (χ4v) is 4.69. The Morgan fingerprint density at radius 1 is 1.31 bits per heavy atom. The Morgan fingerprint density at radius 3 is 2.94 bits per heavy atom. The lowest BCUT2D eigenvalue weighted by atomic mass is 10.1. The summed E-state index contributed by atoms with van der Waals surface area (Å²) in [5, 5.41) is 5.58. The van der Waals surface area contributed by atoms with E-state index < -0.39 is 0 Å². The van der Waals surface area contributed by atoms with Crippen molar-refractivity contribution < 1.29 is 0 Å². The van der Waals surface area contributed by atoms with E-state index in [-0.39, 0.29) is 0 Å². The molecule has 0 aromatic carbocycles. The number of hydrogen-bond donors (Lipinski definition) is 1. The molecule has 3 rings (SSSR count). The fraction of sp³-hybridized carbons (Fsp3) is 0.385. The Morgan fingerprint density at radius 2 is 2.25 bits per heavy atom. The molecule has 0 amide bonds. The second-order valence-corrected chi connectivity index (χ2v) is 6.34. The first kappa shape index (κ1) is 10.5. The molecule has 0 radical (unpaired) electrons. The van der Waals surface area contributed by atoms with Crippen molar-refractivity contribution >= 4 is 22.7 Å². The summed E-state index contributed by atoms with van der Waals surface area (Å²) in [4.78, 5) is 4.52.